The van der Waals surface area contributed by atoms with E-state index in [1.54, 1.807) is 7.11 Å². The molecule has 0 radical (unpaired) electrons. The van der Waals surface area contributed by atoms with Crippen LogP contribution < -0.4 is 10.1 Å². The first-order valence-corrected chi connectivity index (χ1v) is 10.9. The lowest BCUT2D eigenvalue weighted by Crippen LogP contribution is -2.29. The summed E-state index contributed by atoms with van der Waals surface area (Å²) in [4.78, 5) is 10.4. The van der Waals surface area contributed by atoms with E-state index in [0.717, 1.165) is 16.6 Å². The third-order valence-electron chi connectivity index (χ3n) is 5.35. The largest absolute Gasteiger partial charge is 0.497 e. The van der Waals surface area contributed by atoms with Gasteiger partial charge in [0.05, 0.1) is 24.9 Å². The summed E-state index contributed by atoms with van der Waals surface area (Å²) in [6.45, 7) is 4.96. The van der Waals surface area contributed by atoms with Crippen molar-refractivity contribution in [2.75, 3.05) is 7.11 Å². The van der Waals surface area contributed by atoms with Crippen LogP contribution in [0.4, 0.5) is 0 Å². The van der Waals surface area contributed by atoms with Crippen LogP contribution in [0.25, 0.3) is 0 Å². The van der Waals surface area contributed by atoms with E-state index in [0.29, 0.717) is 6.54 Å². The van der Waals surface area contributed by atoms with Crippen LogP contribution >= 0.6 is 34.8 Å². The summed E-state index contributed by atoms with van der Waals surface area (Å²) >= 11 is 8.22. The van der Waals surface area contributed by atoms with Crippen molar-refractivity contribution in [2.24, 2.45) is 0 Å². The van der Waals surface area contributed by atoms with Gasteiger partial charge in [0.1, 0.15) is 5.75 Å². The van der Waals surface area contributed by atoms with Gasteiger partial charge in [-0.25, -0.2) is 0 Å². The number of aromatic nitrogens is 2. The van der Waals surface area contributed by atoms with E-state index in [1.807, 2.05) is 30.5 Å². The number of aryl methyl sites for hydroxylation is 2. The number of rotatable bonds is 5. The Balaban J connectivity index is 1.76. The van der Waals surface area contributed by atoms with Crippen molar-refractivity contribution in [1.82, 2.24) is 20.2 Å². The highest BCUT2D eigenvalue weighted by Gasteiger charge is 2.42. The van der Waals surface area contributed by atoms with Crippen LogP contribution in [0.15, 0.2) is 48.7 Å². The lowest BCUT2D eigenvalue weighted by molar-refractivity contribution is 0.309. The molecule has 2 N–H and O–H groups in total. The number of ether oxygens (including phenoxy) is 1. The van der Waals surface area contributed by atoms with E-state index in [1.165, 1.54) is 26.1 Å². The summed E-state index contributed by atoms with van der Waals surface area (Å²) < 4.78 is 6.54. The number of H-pyrrole nitrogens is 1. The maximum Gasteiger partial charge on any atom is 0.170 e. The molecule has 1 aromatic carbocycles. The summed E-state index contributed by atoms with van der Waals surface area (Å²) in [5.74, 6) is 0.852. The Hall–Kier alpha value is -2.13. The monoisotopic (exact) mass is 518 g/mol. The molecule has 1 fully saturated rings. The summed E-state index contributed by atoms with van der Waals surface area (Å²) in [6, 6.07) is 14.2. The second-order valence-corrected chi connectivity index (χ2v) is 8.67. The highest BCUT2D eigenvalue weighted by molar-refractivity contribution is 14.1. The fourth-order valence-corrected chi connectivity index (χ4v) is 5.10. The number of benzene rings is 1. The van der Waals surface area contributed by atoms with Gasteiger partial charge in [-0.1, -0.05) is 18.2 Å². The first-order valence-electron chi connectivity index (χ1n) is 9.45. The molecule has 2 atom stereocenters. The molecule has 1 aliphatic rings. The molecule has 4 rings (SSSR count). The van der Waals surface area contributed by atoms with Gasteiger partial charge in [0.2, 0.25) is 0 Å². The van der Waals surface area contributed by atoms with Crippen LogP contribution in [0.2, 0.25) is 0 Å². The first-order chi connectivity index (χ1) is 14.0. The fraction of sp³-hybridized carbons (Fsp3) is 0.273. The normalized spacial score (nSPS) is 18.8. The number of hydrogen-bond acceptors (Lipinski definition) is 3. The number of hydrogen-bond donors (Lipinski definition) is 2. The van der Waals surface area contributed by atoms with Gasteiger partial charge in [-0.05, 0) is 78.5 Å². The van der Waals surface area contributed by atoms with Crippen molar-refractivity contribution >= 4 is 39.9 Å². The highest BCUT2D eigenvalue weighted by atomic mass is 127. The Kier molecular flexibility index (Phi) is 5.78. The van der Waals surface area contributed by atoms with Gasteiger partial charge in [0, 0.05) is 33.3 Å². The lowest BCUT2D eigenvalue weighted by atomic mass is 9.96. The number of aromatic amines is 1. The van der Waals surface area contributed by atoms with E-state index in [4.69, 9.17) is 17.0 Å². The summed E-state index contributed by atoms with van der Waals surface area (Å²) in [6.07, 6.45) is 1.84. The Bertz CT molecular complexity index is 1020. The van der Waals surface area contributed by atoms with Crippen LogP contribution in [0.5, 0.6) is 5.75 Å². The van der Waals surface area contributed by atoms with E-state index < -0.39 is 0 Å². The minimum absolute atomic E-state index is 0.00985. The molecule has 0 amide bonds. The van der Waals surface area contributed by atoms with Gasteiger partial charge in [0.25, 0.3) is 0 Å². The fourth-order valence-electron chi connectivity index (χ4n) is 3.94. The second kappa shape index (κ2) is 8.31. The number of nitrogens with zero attached hydrogens (tertiary/aromatic N) is 2. The SMILES string of the molecule is COc1ccc(CN2C(=S)N[C@H](c3ccccn3)[C@@H]2c2c(C)[nH]c(C)c2I)cc1. The van der Waals surface area contributed by atoms with Crippen molar-refractivity contribution in [1.29, 1.82) is 0 Å². The topological polar surface area (TPSA) is 53.2 Å². The molecule has 7 heteroatoms. The van der Waals surface area contributed by atoms with Gasteiger partial charge in [0.15, 0.2) is 5.11 Å². The third kappa shape index (κ3) is 3.85. The number of thiocarbonyl (C=S) groups is 1. The average Bonchev–Trinajstić information content (AvgIpc) is 3.18. The molecule has 1 aliphatic heterocycles. The van der Waals surface area contributed by atoms with Crippen LogP contribution in [0.1, 0.15) is 40.3 Å². The summed E-state index contributed by atoms with van der Waals surface area (Å²) in [5, 5.41) is 4.27. The Morgan fingerprint density at radius 2 is 1.90 bits per heavy atom. The Morgan fingerprint density at radius 3 is 2.48 bits per heavy atom. The van der Waals surface area contributed by atoms with Crippen LogP contribution in [-0.4, -0.2) is 27.1 Å². The molecule has 0 aliphatic carbocycles. The third-order valence-corrected chi connectivity index (χ3v) is 7.09. The van der Waals surface area contributed by atoms with Crippen molar-refractivity contribution < 1.29 is 4.74 Å². The summed E-state index contributed by atoms with van der Waals surface area (Å²) in [5.41, 5.74) is 5.80. The van der Waals surface area contributed by atoms with Gasteiger partial charge < -0.3 is 19.9 Å². The first kappa shape index (κ1) is 20.2. The maximum atomic E-state index is 5.79. The van der Waals surface area contributed by atoms with Crippen molar-refractivity contribution in [3.05, 3.63) is 80.4 Å². The smallest absolute Gasteiger partial charge is 0.170 e. The molecule has 0 saturated carbocycles. The molecule has 0 unspecified atom stereocenters. The average molecular weight is 518 g/mol. The van der Waals surface area contributed by atoms with E-state index in [2.05, 4.69) is 74.8 Å². The molecule has 3 heterocycles. The lowest BCUT2D eigenvalue weighted by Gasteiger charge is -2.28. The number of halogens is 1. The number of methoxy groups -OCH3 is 1. The standard InChI is InChI=1S/C22H23IN4OS/c1-13-18(19(23)14(2)25-13)21-20(17-6-4-5-11-24-17)26-22(29)27(21)12-15-7-9-16(28-3)10-8-15/h4-11,20-21,25H,12H2,1-3H3,(H,26,29)/t20-,21+/m1/s1. The van der Waals surface area contributed by atoms with Gasteiger partial charge in [-0.3, -0.25) is 4.98 Å². The van der Waals surface area contributed by atoms with Gasteiger partial charge >= 0.3 is 0 Å². The second-order valence-electron chi connectivity index (χ2n) is 7.21. The van der Waals surface area contributed by atoms with E-state index in [9.17, 15) is 0 Å². The molecule has 0 spiro atoms. The number of nitrogens with one attached hydrogen (secondary N) is 2. The van der Waals surface area contributed by atoms with Crippen LogP contribution in [-0.2, 0) is 6.54 Å². The van der Waals surface area contributed by atoms with Crippen molar-refractivity contribution in [3.8, 4) is 5.75 Å². The highest BCUT2D eigenvalue weighted by Crippen LogP contribution is 2.43. The molecular weight excluding hydrogens is 495 g/mol. The molecule has 29 heavy (non-hydrogen) atoms. The van der Waals surface area contributed by atoms with Crippen molar-refractivity contribution in [3.63, 3.8) is 0 Å². The molecule has 0 bridgehead atoms. The minimum atomic E-state index is -0.00985. The Labute approximate surface area is 190 Å². The molecule has 3 aromatic rings. The predicted molar refractivity (Wildman–Crippen MR) is 127 cm³/mol. The molecule has 5 nitrogen and oxygen atoms in total. The zero-order chi connectivity index (χ0) is 20.5. The quantitative estimate of drug-likeness (QED) is 0.375. The molecule has 1 saturated heterocycles. The van der Waals surface area contributed by atoms with E-state index in [-0.39, 0.29) is 12.1 Å². The van der Waals surface area contributed by atoms with Gasteiger partial charge in [-0.15, -0.1) is 0 Å². The number of pyridine rings is 1. The van der Waals surface area contributed by atoms with Gasteiger partial charge in [-0.2, -0.15) is 0 Å². The molecule has 150 valence electrons. The van der Waals surface area contributed by atoms with Crippen molar-refractivity contribution in [2.45, 2.75) is 32.5 Å². The maximum absolute atomic E-state index is 5.79. The zero-order valence-electron chi connectivity index (χ0n) is 16.6. The summed E-state index contributed by atoms with van der Waals surface area (Å²) in [7, 11) is 1.68. The molecule has 2 aromatic heterocycles. The van der Waals surface area contributed by atoms with Crippen LogP contribution in [0, 0.1) is 17.4 Å². The molecular formula is C22H23IN4OS. The Morgan fingerprint density at radius 1 is 1.14 bits per heavy atom. The minimum Gasteiger partial charge on any atom is -0.497 e. The predicted octanol–water partition coefficient (Wildman–Crippen LogP) is 4.81. The van der Waals surface area contributed by atoms with Crippen LogP contribution in [0.3, 0.4) is 0 Å². The zero-order valence-corrected chi connectivity index (χ0v) is 19.5. The van der Waals surface area contributed by atoms with E-state index >= 15 is 0 Å².